The zero-order valence-electron chi connectivity index (χ0n) is 6.20. The number of benzene rings is 1. The fourth-order valence-electron chi connectivity index (χ4n) is 0.896. The first-order valence-electron chi connectivity index (χ1n) is 3.51. The van der Waals surface area contributed by atoms with E-state index in [1.54, 1.807) is 0 Å². The Morgan fingerprint density at radius 1 is 1.36 bits per heavy atom. The summed E-state index contributed by atoms with van der Waals surface area (Å²) in [5, 5.41) is 9.08. The summed E-state index contributed by atoms with van der Waals surface area (Å²) in [6, 6.07) is 9.68. The van der Waals surface area contributed by atoms with E-state index < -0.39 is 6.10 Å². The van der Waals surface area contributed by atoms with Crippen LogP contribution in [-0.2, 0) is 6.42 Å². The predicted molar refractivity (Wildman–Crippen MR) is 45.0 cm³/mol. The molecule has 1 nitrogen and oxygen atoms in total. The Balaban J connectivity index is 2.60. The van der Waals surface area contributed by atoms with Gasteiger partial charge in [-0.15, -0.1) is 6.42 Å². The Bertz CT molecular complexity index is 245. The number of terminal acetylenes is 1. The van der Waals surface area contributed by atoms with Crippen LogP contribution in [0.3, 0.4) is 0 Å². The fraction of sp³-hybridized carbons (Fsp3) is 0.200. The molecular weight excluding hydrogens is 136 g/mol. The molecule has 0 aliphatic heterocycles. The van der Waals surface area contributed by atoms with Gasteiger partial charge in [0, 0.05) is 6.42 Å². The molecule has 0 fully saturated rings. The number of rotatable bonds is 2. The van der Waals surface area contributed by atoms with Crippen LogP contribution in [0.2, 0.25) is 0 Å². The second-order valence-electron chi connectivity index (χ2n) is 2.37. The Labute approximate surface area is 66.7 Å². The molecule has 1 rings (SSSR count). The maximum atomic E-state index is 9.08. The lowest BCUT2D eigenvalue weighted by Crippen LogP contribution is -2.06. The summed E-state index contributed by atoms with van der Waals surface area (Å²) in [5.41, 5.74) is 1.07. The lowest BCUT2D eigenvalue weighted by atomic mass is 10.1. The summed E-state index contributed by atoms with van der Waals surface area (Å²) >= 11 is 0. The summed E-state index contributed by atoms with van der Waals surface area (Å²) in [7, 11) is 0. The minimum Gasteiger partial charge on any atom is -0.380 e. The van der Waals surface area contributed by atoms with Crippen LogP contribution >= 0.6 is 0 Å². The Morgan fingerprint density at radius 2 is 2.00 bits per heavy atom. The summed E-state index contributed by atoms with van der Waals surface area (Å²) in [6.07, 6.45) is 4.90. The van der Waals surface area contributed by atoms with Gasteiger partial charge in [0.25, 0.3) is 0 Å². The third kappa shape index (κ3) is 2.45. The zero-order chi connectivity index (χ0) is 8.10. The van der Waals surface area contributed by atoms with E-state index in [4.69, 9.17) is 11.5 Å². The van der Waals surface area contributed by atoms with Crippen molar-refractivity contribution in [3.8, 4) is 12.3 Å². The van der Waals surface area contributed by atoms with Crippen molar-refractivity contribution in [3.63, 3.8) is 0 Å². The van der Waals surface area contributed by atoms with Crippen molar-refractivity contribution in [1.82, 2.24) is 0 Å². The summed E-state index contributed by atoms with van der Waals surface area (Å²) < 4.78 is 0. The van der Waals surface area contributed by atoms with Gasteiger partial charge in [-0.2, -0.15) is 0 Å². The maximum Gasteiger partial charge on any atom is 0.118 e. The SMILES string of the molecule is C#C[C@H](O)Cc1ccccc1. The molecule has 1 aromatic rings. The molecule has 0 heterocycles. The van der Waals surface area contributed by atoms with Crippen LogP contribution in [0.5, 0.6) is 0 Å². The van der Waals surface area contributed by atoms with Gasteiger partial charge < -0.3 is 5.11 Å². The summed E-state index contributed by atoms with van der Waals surface area (Å²) in [6.45, 7) is 0. The lowest BCUT2D eigenvalue weighted by Gasteiger charge is -2.01. The highest BCUT2D eigenvalue weighted by Crippen LogP contribution is 2.01. The topological polar surface area (TPSA) is 20.2 Å². The van der Waals surface area contributed by atoms with Crippen LogP contribution in [0.15, 0.2) is 30.3 Å². The molecule has 56 valence electrons. The Morgan fingerprint density at radius 3 is 2.55 bits per heavy atom. The highest BCUT2D eigenvalue weighted by molar-refractivity contribution is 5.17. The molecule has 0 amide bonds. The van der Waals surface area contributed by atoms with Gasteiger partial charge >= 0.3 is 0 Å². The van der Waals surface area contributed by atoms with Gasteiger partial charge in [-0.25, -0.2) is 0 Å². The van der Waals surface area contributed by atoms with Crippen molar-refractivity contribution < 1.29 is 5.11 Å². The van der Waals surface area contributed by atoms with Crippen LogP contribution < -0.4 is 0 Å². The van der Waals surface area contributed by atoms with Gasteiger partial charge in [-0.3, -0.25) is 0 Å². The monoisotopic (exact) mass is 146 g/mol. The smallest absolute Gasteiger partial charge is 0.118 e. The van der Waals surface area contributed by atoms with Crippen molar-refractivity contribution in [2.24, 2.45) is 0 Å². The average molecular weight is 146 g/mol. The van der Waals surface area contributed by atoms with E-state index in [1.807, 2.05) is 30.3 Å². The minimum absolute atomic E-state index is 0.539. The molecule has 1 heteroatoms. The van der Waals surface area contributed by atoms with Gasteiger partial charge in [0.1, 0.15) is 6.10 Å². The second kappa shape index (κ2) is 3.80. The van der Waals surface area contributed by atoms with E-state index >= 15 is 0 Å². The molecule has 0 aliphatic carbocycles. The molecule has 11 heavy (non-hydrogen) atoms. The van der Waals surface area contributed by atoms with Crippen LogP contribution in [0.25, 0.3) is 0 Å². The number of aliphatic hydroxyl groups excluding tert-OH is 1. The number of hydrogen-bond donors (Lipinski definition) is 1. The second-order valence-corrected chi connectivity index (χ2v) is 2.37. The molecule has 0 saturated carbocycles. The first-order valence-corrected chi connectivity index (χ1v) is 3.51. The van der Waals surface area contributed by atoms with Crippen LogP contribution in [0, 0.1) is 12.3 Å². The first-order chi connectivity index (χ1) is 5.33. The van der Waals surface area contributed by atoms with Crippen LogP contribution in [-0.4, -0.2) is 11.2 Å². The lowest BCUT2D eigenvalue weighted by molar-refractivity contribution is 0.233. The number of hydrogen-bond acceptors (Lipinski definition) is 1. The number of aliphatic hydroxyl groups is 1. The molecule has 0 aliphatic rings. The van der Waals surface area contributed by atoms with Crippen LogP contribution in [0.1, 0.15) is 5.56 Å². The Hall–Kier alpha value is -1.26. The normalized spacial score (nSPS) is 12.0. The molecule has 0 saturated heterocycles. The largest absolute Gasteiger partial charge is 0.380 e. The van der Waals surface area contributed by atoms with E-state index in [1.165, 1.54) is 0 Å². The van der Waals surface area contributed by atoms with Crippen molar-refractivity contribution in [3.05, 3.63) is 35.9 Å². The molecule has 0 spiro atoms. The van der Waals surface area contributed by atoms with E-state index in [0.717, 1.165) is 5.56 Å². The van der Waals surface area contributed by atoms with Gasteiger partial charge in [-0.05, 0) is 5.56 Å². The van der Waals surface area contributed by atoms with E-state index in [-0.39, 0.29) is 0 Å². The van der Waals surface area contributed by atoms with Crippen molar-refractivity contribution in [2.45, 2.75) is 12.5 Å². The maximum absolute atomic E-state index is 9.08. The molecule has 1 N–H and O–H groups in total. The zero-order valence-corrected chi connectivity index (χ0v) is 6.20. The van der Waals surface area contributed by atoms with E-state index in [0.29, 0.717) is 6.42 Å². The fourth-order valence-corrected chi connectivity index (χ4v) is 0.896. The quantitative estimate of drug-likeness (QED) is 0.622. The van der Waals surface area contributed by atoms with Gasteiger partial charge in [0.2, 0.25) is 0 Å². The predicted octanol–water partition coefficient (Wildman–Crippen LogP) is 1.22. The highest BCUT2D eigenvalue weighted by atomic mass is 16.3. The van der Waals surface area contributed by atoms with Crippen LogP contribution in [0.4, 0.5) is 0 Å². The van der Waals surface area contributed by atoms with Crippen molar-refractivity contribution in [1.29, 1.82) is 0 Å². The van der Waals surface area contributed by atoms with E-state index in [2.05, 4.69) is 5.92 Å². The molecule has 0 bridgehead atoms. The Kier molecular flexibility index (Phi) is 2.71. The van der Waals surface area contributed by atoms with E-state index in [9.17, 15) is 0 Å². The van der Waals surface area contributed by atoms with Crippen molar-refractivity contribution in [2.75, 3.05) is 0 Å². The molecule has 1 aromatic carbocycles. The first kappa shape index (κ1) is 7.84. The minimum atomic E-state index is -0.655. The van der Waals surface area contributed by atoms with Crippen molar-refractivity contribution >= 4 is 0 Å². The average Bonchev–Trinajstić information content (AvgIpc) is 2.06. The third-order valence-corrected chi connectivity index (χ3v) is 1.46. The summed E-state index contributed by atoms with van der Waals surface area (Å²) in [5.74, 6) is 2.27. The standard InChI is InChI=1S/C10H10O/c1-2-10(11)8-9-6-4-3-5-7-9/h1,3-7,10-11H,8H2/t10-/m0/s1. The molecular formula is C10H10O. The highest BCUT2D eigenvalue weighted by Gasteiger charge is 1.98. The van der Waals surface area contributed by atoms with Gasteiger partial charge in [0.05, 0.1) is 0 Å². The van der Waals surface area contributed by atoms with Gasteiger partial charge in [0.15, 0.2) is 0 Å². The summed E-state index contributed by atoms with van der Waals surface area (Å²) in [4.78, 5) is 0. The molecule has 0 aromatic heterocycles. The molecule has 0 unspecified atom stereocenters. The molecule has 0 radical (unpaired) electrons. The van der Waals surface area contributed by atoms with Gasteiger partial charge in [-0.1, -0.05) is 36.3 Å². The third-order valence-electron chi connectivity index (χ3n) is 1.46. The molecule has 1 atom stereocenters.